The van der Waals surface area contributed by atoms with Gasteiger partial charge in [0.1, 0.15) is 0 Å². The Kier molecular flexibility index (Phi) is 235. The summed E-state index contributed by atoms with van der Waals surface area (Å²) in [4.78, 5) is 0. The number of aliphatic hydroxyl groups is 1. The molecule has 0 aromatic rings. The molecule has 0 saturated heterocycles. The van der Waals surface area contributed by atoms with Crippen molar-refractivity contribution in [2.75, 3.05) is 6.61 Å². The molecule has 36 valence electrons. The van der Waals surface area contributed by atoms with Gasteiger partial charge in [0.25, 0.3) is 0 Å². The van der Waals surface area contributed by atoms with Crippen LogP contribution in [0.3, 0.4) is 0 Å². The molecule has 0 saturated carbocycles. The van der Waals surface area contributed by atoms with E-state index < -0.39 is 0 Å². The summed E-state index contributed by atoms with van der Waals surface area (Å²) in [7, 11) is 0. The molecule has 3 nitrogen and oxygen atoms in total. The molecule has 0 aliphatic carbocycles. The van der Waals surface area contributed by atoms with E-state index in [4.69, 9.17) is 5.11 Å². The fourth-order valence-corrected chi connectivity index (χ4v) is 0. The first-order valence-electron chi connectivity index (χ1n) is 1.02. The number of hydrogen-bond acceptors (Lipinski definition) is 3. The van der Waals surface area contributed by atoms with Gasteiger partial charge in [-0.2, -0.15) is 0 Å². The second-order valence-electron chi connectivity index (χ2n) is 0.316. The van der Waals surface area contributed by atoms with Crippen molar-refractivity contribution < 1.29 is 75.2 Å². The fourth-order valence-electron chi connectivity index (χ4n) is 0. The summed E-state index contributed by atoms with van der Waals surface area (Å²) >= 11 is 0. The molecule has 0 radical (unpaired) electrons. The second-order valence-corrected chi connectivity index (χ2v) is 0.316. The average Bonchev–Trinajstić information content (AvgIpc) is 0.918. The largest absolute Gasteiger partial charge is 1.00 e. The van der Waals surface area contributed by atoms with Crippen LogP contribution in [0.25, 0.3) is 0 Å². The molecular formula is C2H8Na2O3. The minimum absolute atomic E-state index is 0. The van der Waals surface area contributed by atoms with Crippen molar-refractivity contribution in [3.63, 3.8) is 0 Å². The number of aliphatic hydroxyl groups excluding tert-OH is 1. The zero-order valence-corrected chi connectivity index (χ0v) is 9.05. The molecule has 0 atom stereocenters. The van der Waals surface area contributed by atoms with Crippen LogP contribution in [0.5, 0.6) is 0 Å². The molecule has 0 aliphatic heterocycles. The number of hydrogen-bond donors (Lipinski definition) is 1. The summed E-state index contributed by atoms with van der Waals surface area (Å²) < 4.78 is 0. The molecule has 0 rings (SSSR count). The standard InChI is InChI=1S/C2H6O.2Na.2H2O/c1-2-3;;;;/h3H,2H2,1H3;;;2*1H2/q;2*+1;;/p-2. The van der Waals surface area contributed by atoms with Crippen LogP contribution in [0.4, 0.5) is 0 Å². The van der Waals surface area contributed by atoms with Crippen LogP contribution in [0.1, 0.15) is 6.92 Å². The third-order valence-corrected chi connectivity index (χ3v) is 0. The Labute approximate surface area is 87.7 Å². The van der Waals surface area contributed by atoms with Crippen molar-refractivity contribution in [1.82, 2.24) is 0 Å². The van der Waals surface area contributed by atoms with Crippen molar-refractivity contribution in [1.29, 1.82) is 0 Å². The van der Waals surface area contributed by atoms with Crippen molar-refractivity contribution in [3.05, 3.63) is 0 Å². The Morgan fingerprint density at radius 3 is 1.14 bits per heavy atom. The van der Waals surface area contributed by atoms with Gasteiger partial charge in [0.05, 0.1) is 0 Å². The Morgan fingerprint density at radius 2 is 1.14 bits per heavy atom. The SMILES string of the molecule is CCO.[Na+].[Na+].[OH-].[OH-]. The first kappa shape index (κ1) is 36.6. The zero-order valence-electron chi connectivity index (χ0n) is 5.05. The van der Waals surface area contributed by atoms with Gasteiger partial charge in [-0.1, -0.05) is 0 Å². The predicted octanol–water partition coefficient (Wildman–Crippen LogP) is -6.35. The molecule has 0 unspecified atom stereocenters. The van der Waals surface area contributed by atoms with E-state index in [-0.39, 0.29) is 76.7 Å². The van der Waals surface area contributed by atoms with Crippen LogP contribution in [-0.2, 0) is 0 Å². The van der Waals surface area contributed by atoms with Crippen LogP contribution < -0.4 is 59.1 Å². The van der Waals surface area contributed by atoms with Gasteiger partial charge in [-0.25, -0.2) is 0 Å². The van der Waals surface area contributed by atoms with Crippen molar-refractivity contribution >= 4 is 0 Å². The van der Waals surface area contributed by atoms with Gasteiger partial charge < -0.3 is 16.1 Å². The van der Waals surface area contributed by atoms with E-state index in [1.807, 2.05) is 0 Å². The maximum Gasteiger partial charge on any atom is 1.00 e. The van der Waals surface area contributed by atoms with E-state index in [0.717, 1.165) is 0 Å². The predicted molar refractivity (Wildman–Crippen MR) is 16.6 cm³/mol. The van der Waals surface area contributed by atoms with Gasteiger partial charge in [-0.3, -0.25) is 0 Å². The first-order valence-corrected chi connectivity index (χ1v) is 1.02. The first-order chi connectivity index (χ1) is 1.41. The fraction of sp³-hybridized carbons (Fsp3) is 1.00. The molecule has 0 fully saturated rings. The molecule has 5 heteroatoms. The second kappa shape index (κ2) is 45.0. The summed E-state index contributed by atoms with van der Waals surface area (Å²) in [5.41, 5.74) is 0. The van der Waals surface area contributed by atoms with E-state index in [0.29, 0.717) is 0 Å². The Bertz CT molecular complexity index is 10.9. The van der Waals surface area contributed by atoms with Gasteiger partial charge in [-0.15, -0.1) is 0 Å². The maximum atomic E-state index is 7.57. The van der Waals surface area contributed by atoms with E-state index in [1.165, 1.54) is 0 Å². The monoisotopic (exact) mass is 126 g/mol. The molecule has 3 N–H and O–H groups in total. The van der Waals surface area contributed by atoms with E-state index >= 15 is 0 Å². The molecule has 0 aliphatic rings. The summed E-state index contributed by atoms with van der Waals surface area (Å²) in [5.74, 6) is 0. The van der Waals surface area contributed by atoms with Gasteiger partial charge >= 0.3 is 59.1 Å². The smallest absolute Gasteiger partial charge is 0.870 e. The summed E-state index contributed by atoms with van der Waals surface area (Å²) in [6.45, 7) is 1.93. The molecule has 0 heterocycles. The maximum absolute atomic E-state index is 7.57. The van der Waals surface area contributed by atoms with Crippen LogP contribution in [-0.4, -0.2) is 22.7 Å². The Morgan fingerprint density at radius 1 is 1.14 bits per heavy atom. The van der Waals surface area contributed by atoms with E-state index in [1.54, 1.807) is 6.92 Å². The Balaban J connectivity index is -0.00000000333. The normalized spacial score (nSPS) is 2.57. The minimum atomic E-state index is 0. The third-order valence-electron chi connectivity index (χ3n) is 0. The van der Waals surface area contributed by atoms with Crippen LogP contribution in [0.2, 0.25) is 0 Å². The van der Waals surface area contributed by atoms with Gasteiger partial charge in [0, 0.05) is 6.61 Å². The topological polar surface area (TPSA) is 80.2 Å². The van der Waals surface area contributed by atoms with Gasteiger partial charge in [0.15, 0.2) is 0 Å². The van der Waals surface area contributed by atoms with Crippen molar-refractivity contribution in [3.8, 4) is 0 Å². The van der Waals surface area contributed by atoms with E-state index in [2.05, 4.69) is 0 Å². The molecule has 7 heavy (non-hydrogen) atoms. The van der Waals surface area contributed by atoms with Crippen LogP contribution >= 0.6 is 0 Å². The quantitative estimate of drug-likeness (QED) is 0.328. The number of rotatable bonds is 0. The van der Waals surface area contributed by atoms with Gasteiger partial charge in [0.2, 0.25) is 0 Å². The minimum Gasteiger partial charge on any atom is -0.870 e. The van der Waals surface area contributed by atoms with E-state index in [9.17, 15) is 0 Å². The summed E-state index contributed by atoms with van der Waals surface area (Å²) in [6, 6.07) is 0. The molecule has 0 bridgehead atoms. The average molecular weight is 126 g/mol. The Hall–Kier alpha value is 1.88. The zero-order chi connectivity index (χ0) is 2.71. The van der Waals surface area contributed by atoms with Crippen LogP contribution in [0, 0.1) is 0 Å². The summed E-state index contributed by atoms with van der Waals surface area (Å²) in [5, 5.41) is 7.57. The molecular weight excluding hydrogens is 118 g/mol. The molecule has 0 aromatic carbocycles. The third kappa shape index (κ3) is 77.1. The molecule has 0 spiro atoms. The summed E-state index contributed by atoms with van der Waals surface area (Å²) in [6.07, 6.45) is 0. The van der Waals surface area contributed by atoms with Crippen LogP contribution in [0.15, 0.2) is 0 Å². The van der Waals surface area contributed by atoms with Gasteiger partial charge in [-0.05, 0) is 6.92 Å². The molecule has 0 amide bonds. The van der Waals surface area contributed by atoms with Crippen molar-refractivity contribution in [2.24, 2.45) is 0 Å². The molecule has 0 aromatic heterocycles. The van der Waals surface area contributed by atoms with Crippen molar-refractivity contribution in [2.45, 2.75) is 6.92 Å².